The summed E-state index contributed by atoms with van der Waals surface area (Å²) in [6, 6.07) is 2.12. The van der Waals surface area contributed by atoms with Crippen LogP contribution in [0.5, 0.6) is 0 Å². The summed E-state index contributed by atoms with van der Waals surface area (Å²) < 4.78 is 0. The van der Waals surface area contributed by atoms with Gasteiger partial charge in [-0.1, -0.05) is 20.8 Å². The van der Waals surface area contributed by atoms with Crippen LogP contribution in [0.25, 0.3) is 0 Å². The van der Waals surface area contributed by atoms with Crippen molar-refractivity contribution < 1.29 is 0 Å². The van der Waals surface area contributed by atoms with Gasteiger partial charge in [-0.25, -0.2) is 0 Å². The number of hydrogen-bond donors (Lipinski definition) is 1. The van der Waals surface area contributed by atoms with Crippen molar-refractivity contribution in [2.24, 2.45) is 11.7 Å². The molecule has 0 saturated carbocycles. The number of aryl methyl sites for hydroxylation is 2. The summed E-state index contributed by atoms with van der Waals surface area (Å²) in [5, 5.41) is 8.22. The maximum atomic E-state index is 6.12. The van der Waals surface area contributed by atoms with E-state index in [1.165, 1.54) is 0 Å². The summed E-state index contributed by atoms with van der Waals surface area (Å²) in [6.45, 7) is 8.28. The molecule has 0 saturated heterocycles. The lowest BCUT2D eigenvalue weighted by molar-refractivity contribution is 0.506. The first kappa shape index (κ1) is 11.1. The van der Waals surface area contributed by atoms with Crippen molar-refractivity contribution >= 4 is 0 Å². The van der Waals surface area contributed by atoms with Crippen molar-refractivity contribution in [2.75, 3.05) is 0 Å². The van der Waals surface area contributed by atoms with E-state index in [1.54, 1.807) is 0 Å². The van der Waals surface area contributed by atoms with E-state index >= 15 is 0 Å². The Hall–Kier alpha value is -0.960. The number of nitrogens with two attached hydrogens (primary N) is 1. The highest BCUT2D eigenvalue weighted by Gasteiger charge is 2.15. The average Bonchev–Trinajstić information content (AvgIpc) is 2.16. The van der Waals surface area contributed by atoms with E-state index in [0.29, 0.717) is 5.92 Å². The van der Waals surface area contributed by atoms with Crippen molar-refractivity contribution in [1.29, 1.82) is 0 Å². The Bertz CT molecular complexity index is 307. The predicted molar refractivity (Wildman–Crippen MR) is 57.9 cm³/mol. The number of hydrogen-bond acceptors (Lipinski definition) is 3. The Morgan fingerprint density at radius 1 is 1.36 bits per heavy atom. The van der Waals surface area contributed by atoms with Crippen LogP contribution in [-0.2, 0) is 6.42 Å². The van der Waals surface area contributed by atoms with E-state index in [0.717, 1.165) is 23.4 Å². The van der Waals surface area contributed by atoms with Gasteiger partial charge in [-0.3, -0.25) is 0 Å². The second-order valence-corrected chi connectivity index (χ2v) is 4.01. The minimum Gasteiger partial charge on any atom is -0.324 e. The molecule has 0 aliphatic rings. The third-order valence-corrected chi connectivity index (χ3v) is 2.44. The van der Waals surface area contributed by atoms with Gasteiger partial charge in [-0.15, -0.1) is 0 Å². The molecule has 1 rings (SSSR count). The summed E-state index contributed by atoms with van der Waals surface area (Å²) in [4.78, 5) is 0. The third-order valence-electron chi connectivity index (χ3n) is 2.44. The van der Waals surface area contributed by atoms with Crippen molar-refractivity contribution in [1.82, 2.24) is 10.2 Å². The maximum Gasteiger partial charge on any atom is 0.0676 e. The molecule has 1 atom stereocenters. The van der Waals surface area contributed by atoms with Crippen LogP contribution in [-0.4, -0.2) is 10.2 Å². The minimum atomic E-state index is 0.0687. The van der Waals surface area contributed by atoms with Crippen LogP contribution in [0.1, 0.15) is 43.8 Å². The van der Waals surface area contributed by atoms with Crippen molar-refractivity contribution in [3.8, 4) is 0 Å². The second-order valence-electron chi connectivity index (χ2n) is 4.01. The Balaban J connectivity index is 3.10. The molecule has 3 nitrogen and oxygen atoms in total. The molecule has 1 unspecified atom stereocenters. The molecule has 0 aliphatic carbocycles. The van der Waals surface area contributed by atoms with E-state index < -0.39 is 0 Å². The molecular weight excluding hydrogens is 174 g/mol. The molecule has 0 aliphatic heterocycles. The smallest absolute Gasteiger partial charge is 0.0676 e. The lowest BCUT2D eigenvalue weighted by Gasteiger charge is -2.18. The highest BCUT2D eigenvalue weighted by atomic mass is 15.1. The molecule has 0 fully saturated rings. The summed E-state index contributed by atoms with van der Waals surface area (Å²) in [7, 11) is 0. The summed E-state index contributed by atoms with van der Waals surface area (Å²) in [5.41, 5.74) is 9.23. The molecule has 0 amide bonds. The van der Waals surface area contributed by atoms with Crippen molar-refractivity contribution in [3.63, 3.8) is 0 Å². The van der Waals surface area contributed by atoms with Crippen LogP contribution in [0, 0.1) is 12.8 Å². The number of nitrogens with zero attached hydrogens (tertiary/aromatic N) is 2. The molecule has 1 aromatic heterocycles. The molecule has 0 spiro atoms. The second kappa shape index (κ2) is 4.51. The molecule has 1 aromatic rings. The zero-order chi connectivity index (χ0) is 10.7. The van der Waals surface area contributed by atoms with Crippen LogP contribution in [0.2, 0.25) is 0 Å². The van der Waals surface area contributed by atoms with Crippen molar-refractivity contribution in [3.05, 3.63) is 23.0 Å². The van der Waals surface area contributed by atoms with Gasteiger partial charge in [0.25, 0.3) is 0 Å². The van der Waals surface area contributed by atoms with E-state index in [-0.39, 0.29) is 6.04 Å². The first-order chi connectivity index (χ1) is 6.56. The van der Waals surface area contributed by atoms with Gasteiger partial charge in [0.05, 0.1) is 11.4 Å². The van der Waals surface area contributed by atoms with Gasteiger partial charge in [-0.05, 0) is 30.9 Å². The first-order valence-electron chi connectivity index (χ1n) is 5.15. The van der Waals surface area contributed by atoms with Gasteiger partial charge in [0.2, 0.25) is 0 Å². The Morgan fingerprint density at radius 2 is 2.00 bits per heavy atom. The summed E-state index contributed by atoms with van der Waals surface area (Å²) in [5.74, 6) is 0.434. The summed E-state index contributed by atoms with van der Waals surface area (Å²) >= 11 is 0. The third kappa shape index (κ3) is 2.29. The molecule has 78 valence electrons. The van der Waals surface area contributed by atoms with Crippen LogP contribution in [0.15, 0.2) is 6.07 Å². The van der Waals surface area contributed by atoms with Crippen LogP contribution in [0.3, 0.4) is 0 Å². The van der Waals surface area contributed by atoms with Gasteiger partial charge >= 0.3 is 0 Å². The fourth-order valence-corrected chi connectivity index (χ4v) is 1.46. The van der Waals surface area contributed by atoms with Gasteiger partial charge < -0.3 is 5.73 Å². The van der Waals surface area contributed by atoms with Gasteiger partial charge in [0.15, 0.2) is 0 Å². The van der Waals surface area contributed by atoms with Gasteiger partial charge in [0.1, 0.15) is 0 Å². The molecule has 14 heavy (non-hydrogen) atoms. The van der Waals surface area contributed by atoms with Crippen molar-refractivity contribution in [2.45, 2.75) is 40.2 Å². The normalized spacial score (nSPS) is 13.3. The monoisotopic (exact) mass is 193 g/mol. The van der Waals surface area contributed by atoms with Gasteiger partial charge in [-0.2, -0.15) is 10.2 Å². The van der Waals surface area contributed by atoms with E-state index in [2.05, 4.69) is 37.0 Å². The van der Waals surface area contributed by atoms with Crippen LogP contribution in [0.4, 0.5) is 0 Å². The van der Waals surface area contributed by atoms with E-state index in [4.69, 9.17) is 5.73 Å². The number of rotatable bonds is 3. The van der Waals surface area contributed by atoms with E-state index in [9.17, 15) is 0 Å². The molecular formula is C11H19N3. The lowest BCUT2D eigenvalue weighted by atomic mass is 9.95. The molecule has 0 bridgehead atoms. The summed E-state index contributed by atoms with van der Waals surface area (Å²) in [6.07, 6.45) is 0.892. The van der Waals surface area contributed by atoms with Crippen LogP contribution >= 0.6 is 0 Å². The zero-order valence-electron chi connectivity index (χ0n) is 9.41. The SMILES string of the molecule is CCc1nnc(C)cc1C(N)C(C)C. The zero-order valence-corrected chi connectivity index (χ0v) is 9.41. The minimum absolute atomic E-state index is 0.0687. The molecule has 2 N–H and O–H groups in total. The molecule has 0 aromatic carbocycles. The van der Waals surface area contributed by atoms with Crippen LogP contribution < -0.4 is 5.73 Å². The first-order valence-corrected chi connectivity index (χ1v) is 5.15. The Labute approximate surface area is 85.7 Å². The van der Waals surface area contributed by atoms with E-state index in [1.807, 2.05) is 6.92 Å². The quantitative estimate of drug-likeness (QED) is 0.798. The Morgan fingerprint density at radius 3 is 2.50 bits per heavy atom. The highest BCUT2D eigenvalue weighted by molar-refractivity contribution is 5.24. The predicted octanol–water partition coefficient (Wildman–Crippen LogP) is 2.00. The standard InChI is InChI=1S/C11H19N3/c1-5-10-9(11(12)7(2)3)6-8(4)13-14-10/h6-7,11H,5,12H2,1-4H3. The number of aromatic nitrogens is 2. The maximum absolute atomic E-state index is 6.12. The largest absolute Gasteiger partial charge is 0.324 e. The fraction of sp³-hybridized carbons (Fsp3) is 0.636. The average molecular weight is 193 g/mol. The highest BCUT2D eigenvalue weighted by Crippen LogP contribution is 2.21. The fourth-order valence-electron chi connectivity index (χ4n) is 1.46. The Kier molecular flexibility index (Phi) is 3.58. The topological polar surface area (TPSA) is 51.8 Å². The molecule has 0 radical (unpaired) electrons. The molecule has 3 heteroatoms. The lowest BCUT2D eigenvalue weighted by Crippen LogP contribution is -2.19. The molecule has 1 heterocycles. The van der Waals surface area contributed by atoms with Gasteiger partial charge in [0, 0.05) is 6.04 Å².